The molecule has 3 saturated carbocycles. The number of halogens is 1. The van der Waals surface area contributed by atoms with E-state index in [0.717, 1.165) is 31.3 Å². The summed E-state index contributed by atoms with van der Waals surface area (Å²) in [4.78, 5) is 23.9. The summed E-state index contributed by atoms with van der Waals surface area (Å²) < 4.78 is 14.6. The summed E-state index contributed by atoms with van der Waals surface area (Å²) in [6.07, 6.45) is 6.21. The van der Waals surface area contributed by atoms with Gasteiger partial charge in [0.15, 0.2) is 5.78 Å². The van der Waals surface area contributed by atoms with Crippen molar-refractivity contribution in [1.29, 1.82) is 0 Å². The van der Waals surface area contributed by atoms with Gasteiger partial charge in [-0.3, -0.25) is 9.59 Å². The number of allylic oxidation sites excluding steroid dienone is 1. The maximum absolute atomic E-state index is 14.6. The SMILES string of the molecule is C[C@]12CCC3[C@@H](C[C@@H](F)C4=CC(=O)CC[C@@H]43)C1CCC2=O. The van der Waals surface area contributed by atoms with Crippen LogP contribution in [0.4, 0.5) is 4.39 Å². The normalized spacial score (nSPS) is 49.2. The number of fused-ring (bicyclic) bond motifs is 5. The molecule has 0 heterocycles. The molecule has 3 fully saturated rings. The number of hydrogen-bond acceptors (Lipinski definition) is 2. The van der Waals surface area contributed by atoms with Gasteiger partial charge in [-0.1, -0.05) is 6.92 Å². The van der Waals surface area contributed by atoms with Gasteiger partial charge in [0.05, 0.1) is 0 Å². The van der Waals surface area contributed by atoms with E-state index in [4.69, 9.17) is 0 Å². The van der Waals surface area contributed by atoms with Gasteiger partial charge in [0.2, 0.25) is 0 Å². The van der Waals surface area contributed by atoms with E-state index in [1.807, 2.05) is 0 Å². The molecule has 3 heteroatoms. The Morgan fingerprint density at radius 3 is 2.76 bits per heavy atom. The Labute approximate surface area is 125 Å². The Hall–Kier alpha value is -0.990. The molecule has 6 atom stereocenters. The average Bonchev–Trinajstić information content (AvgIpc) is 2.76. The van der Waals surface area contributed by atoms with Crippen molar-refractivity contribution in [2.24, 2.45) is 29.1 Å². The molecule has 2 nitrogen and oxygen atoms in total. The van der Waals surface area contributed by atoms with E-state index < -0.39 is 6.17 Å². The number of ketones is 2. The zero-order valence-electron chi connectivity index (χ0n) is 12.6. The minimum absolute atomic E-state index is 0.0963. The van der Waals surface area contributed by atoms with Crippen molar-refractivity contribution in [2.75, 3.05) is 0 Å². The predicted octanol–water partition coefficient (Wildman–Crippen LogP) is 3.65. The number of Topliss-reactive ketones (excluding diaryl/α,β-unsaturated/α-hetero) is 1. The molecule has 114 valence electrons. The lowest BCUT2D eigenvalue weighted by atomic mass is 9.52. The summed E-state index contributed by atoms with van der Waals surface area (Å²) >= 11 is 0. The summed E-state index contributed by atoms with van der Waals surface area (Å²) in [5, 5.41) is 0. The lowest BCUT2D eigenvalue weighted by Gasteiger charge is -2.52. The largest absolute Gasteiger partial charge is 0.299 e. The van der Waals surface area contributed by atoms with Crippen molar-refractivity contribution < 1.29 is 14.0 Å². The summed E-state index contributed by atoms with van der Waals surface area (Å²) in [5.41, 5.74) is 0.590. The van der Waals surface area contributed by atoms with Crippen molar-refractivity contribution >= 4 is 11.6 Å². The third-order valence-electron chi connectivity index (χ3n) is 7.02. The van der Waals surface area contributed by atoms with Crippen LogP contribution in [0.5, 0.6) is 0 Å². The summed E-state index contributed by atoms with van der Waals surface area (Å²) in [6.45, 7) is 2.12. The topological polar surface area (TPSA) is 34.1 Å². The highest BCUT2D eigenvalue weighted by molar-refractivity contribution is 5.91. The van der Waals surface area contributed by atoms with E-state index in [2.05, 4.69) is 6.92 Å². The molecule has 0 aliphatic heterocycles. The molecule has 4 aliphatic carbocycles. The first-order valence-corrected chi connectivity index (χ1v) is 8.42. The fraction of sp³-hybridized carbons (Fsp3) is 0.778. The zero-order chi connectivity index (χ0) is 14.8. The molecule has 2 unspecified atom stereocenters. The van der Waals surface area contributed by atoms with Gasteiger partial charge in [0, 0.05) is 18.3 Å². The Bertz CT molecular complexity index is 537. The monoisotopic (exact) mass is 290 g/mol. The summed E-state index contributed by atoms with van der Waals surface area (Å²) in [7, 11) is 0. The second-order valence-corrected chi connectivity index (χ2v) is 7.81. The van der Waals surface area contributed by atoms with E-state index in [9.17, 15) is 14.0 Å². The molecule has 0 saturated heterocycles. The first-order valence-electron chi connectivity index (χ1n) is 8.42. The van der Waals surface area contributed by atoms with Crippen LogP contribution in [0.3, 0.4) is 0 Å². The van der Waals surface area contributed by atoms with Crippen LogP contribution in [0.2, 0.25) is 0 Å². The lowest BCUT2D eigenvalue weighted by Crippen LogP contribution is -2.49. The Balaban J connectivity index is 1.68. The van der Waals surface area contributed by atoms with Gasteiger partial charge >= 0.3 is 0 Å². The van der Waals surface area contributed by atoms with E-state index in [1.54, 1.807) is 6.08 Å². The summed E-state index contributed by atoms with van der Waals surface area (Å²) in [6, 6.07) is 0. The van der Waals surface area contributed by atoms with E-state index >= 15 is 0 Å². The molecule has 4 rings (SSSR count). The first kappa shape index (κ1) is 13.7. The third-order valence-corrected chi connectivity index (χ3v) is 7.02. The molecular formula is C18H23FO2. The quantitative estimate of drug-likeness (QED) is 0.682. The second-order valence-electron chi connectivity index (χ2n) is 7.81. The molecule has 0 aromatic rings. The van der Waals surface area contributed by atoms with Gasteiger partial charge in [-0.05, 0) is 67.4 Å². The third kappa shape index (κ3) is 1.82. The van der Waals surface area contributed by atoms with E-state index in [-0.39, 0.29) is 17.1 Å². The van der Waals surface area contributed by atoms with Crippen LogP contribution in [-0.4, -0.2) is 17.7 Å². The Morgan fingerprint density at radius 2 is 1.95 bits per heavy atom. The van der Waals surface area contributed by atoms with Gasteiger partial charge in [-0.2, -0.15) is 0 Å². The Morgan fingerprint density at radius 1 is 1.14 bits per heavy atom. The van der Waals surface area contributed by atoms with Crippen molar-refractivity contribution in [1.82, 2.24) is 0 Å². The molecule has 21 heavy (non-hydrogen) atoms. The fourth-order valence-corrected chi connectivity index (χ4v) is 5.92. The molecule has 0 aromatic heterocycles. The average molecular weight is 290 g/mol. The van der Waals surface area contributed by atoms with Crippen LogP contribution in [0.25, 0.3) is 0 Å². The molecule has 0 spiro atoms. The van der Waals surface area contributed by atoms with E-state index in [0.29, 0.717) is 42.8 Å². The zero-order valence-corrected chi connectivity index (χ0v) is 12.6. The number of alkyl halides is 1. The molecular weight excluding hydrogens is 267 g/mol. The van der Waals surface area contributed by atoms with Crippen LogP contribution >= 0.6 is 0 Å². The molecule has 0 N–H and O–H groups in total. The van der Waals surface area contributed by atoms with Crippen molar-refractivity contribution in [3.8, 4) is 0 Å². The minimum Gasteiger partial charge on any atom is -0.299 e. The van der Waals surface area contributed by atoms with Gasteiger partial charge in [-0.25, -0.2) is 4.39 Å². The number of carbonyl (C=O) groups is 2. The number of carbonyl (C=O) groups excluding carboxylic acids is 2. The van der Waals surface area contributed by atoms with Crippen molar-refractivity contribution in [3.05, 3.63) is 11.6 Å². The molecule has 0 amide bonds. The highest BCUT2D eigenvalue weighted by Crippen LogP contribution is 2.60. The maximum Gasteiger partial charge on any atom is 0.155 e. The van der Waals surface area contributed by atoms with Crippen LogP contribution in [0.15, 0.2) is 11.6 Å². The van der Waals surface area contributed by atoms with Crippen LogP contribution in [0, 0.1) is 29.1 Å². The number of hydrogen-bond donors (Lipinski definition) is 0. The van der Waals surface area contributed by atoms with Crippen LogP contribution < -0.4 is 0 Å². The molecule has 0 bridgehead atoms. The van der Waals surface area contributed by atoms with Gasteiger partial charge in [0.1, 0.15) is 12.0 Å². The van der Waals surface area contributed by atoms with Crippen molar-refractivity contribution in [3.63, 3.8) is 0 Å². The molecule has 0 radical (unpaired) electrons. The smallest absolute Gasteiger partial charge is 0.155 e. The van der Waals surface area contributed by atoms with Crippen LogP contribution in [0.1, 0.15) is 51.9 Å². The predicted molar refractivity (Wildman–Crippen MR) is 77.4 cm³/mol. The van der Waals surface area contributed by atoms with Gasteiger partial charge in [0.25, 0.3) is 0 Å². The molecule has 4 aliphatic rings. The number of rotatable bonds is 0. The molecule has 0 aromatic carbocycles. The standard InChI is InChI=1S/C18H23FO2/c1-18-7-6-12-11-3-2-10(20)8-14(11)16(19)9-13(12)15(18)4-5-17(18)21/h8,11-13,15-16H,2-7,9H2,1H3/t11-,12?,13-,15?,16-,18+/m1/s1. The minimum atomic E-state index is -0.960. The second kappa shape index (κ2) is 4.50. The summed E-state index contributed by atoms with van der Waals surface area (Å²) in [5.74, 6) is 1.99. The van der Waals surface area contributed by atoms with Gasteiger partial charge < -0.3 is 0 Å². The Kier molecular flexibility index (Phi) is 2.93. The van der Waals surface area contributed by atoms with E-state index in [1.165, 1.54) is 0 Å². The highest BCUT2D eigenvalue weighted by atomic mass is 19.1. The van der Waals surface area contributed by atoms with Crippen LogP contribution in [-0.2, 0) is 9.59 Å². The van der Waals surface area contributed by atoms with Crippen molar-refractivity contribution in [2.45, 2.75) is 58.0 Å². The van der Waals surface area contributed by atoms with Gasteiger partial charge in [-0.15, -0.1) is 0 Å². The fourth-order valence-electron chi connectivity index (χ4n) is 5.92. The first-order chi connectivity index (χ1) is 10.0. The maximum atomic E-state index is 14.6. The highest BCUT2D eigenvalue weighted by Gasteiger charge is 2.57. The lowest BCUT2D eigenvalue weighted by molar-refractivity contribution is -0.131.